The summed E-state index contributed by atoms with van der Waals surface area (Å²) in [7, 11) is 0. The lowest BCUT2D eigenvalue weighted by molar-refractivity contribution is 0.537. The van der Waals surface area contributed by atoms with Crippen LogP contribution >= 0.6 is 11.6 Å². The summed E-state index contributed by atoms with van der Waals surface area (Å²) < 4.78 is 0. The Hall–Kier alpha value is -1.62. The van der Waals surface area contributed by atoms with Crippen molar-refractivity contribution in [1.29, 1.82) is 0 Å². The van der Waals surface area contributed by atoms with Gasteiger partial charge in [0.15, 0.2) is 0 Å². The van der Waals surface area contributed by atoms with E-state index in [2.05, 4.69) is 15.4 Å². The number of nitrogens with two attached hydrogens (primary N) is 1. The zero-order valence-corrected chi connectivity index (χ0v) is 9.22. The molecule has 1 aliphatic rings. The molecule has 0 aliphatic heterocycles. The van der Waals surface area contributed by atoms with E-state index in [9.17, 15) is 0 Å². The Labute approximate surface area is 97.2 Å². The van der Waals surface area contributed by atoms with Crippen molar-refractivity contribution >= 4 is 17.3 Å². The second kappa shape index (κ2) is 3.45. The molecule has 1 aliphatic carbocycles. The molecule has 3 rings (SSSR count). The summed E-state index contributed by atoms with van der Waals surface area (Å²) in [6.45, 7) is 0. The second-order valence-electron chi connectivity index (χ2n) is 3.90. The van der Waals surface area contributed by atoms with E-state index in [1.807, 2.05) is 6.07 Å². The van der Waals surface area contributed by atoms with Gasteiger partial charge in [0, 0.05) is 5.56 Å². The topological polar surface area (TPSA) is 69.6 Å². The van der Waals surface area contributed by atoms with Crippen LogP contribution < -0.4 is 5.73 Å². The van der Waals surface area contributed by atoms with Crippen LogP contribution in [-0.2, 0) is 0 Å². The van der Waals surface area contributed by atoms with Gasteiger partial charge in [0.25, 0.3) is 0 Å². The molecular formula is C10H10ClN5. The highest BCUT2D eigenvalue weighted by molar-refractivity contribution is 6.33. The van der Waals surface area contributed by atoms with Gasteiger partial charge in [0.1, 0.15) is 0 Å². The maximum absolute atomic E-state index is 5.85. The molecule has 82 valence electrons. The molecule has 0 unspecified atom stereocenters. The number of tetrazole rings is 1. The Bertz CT molecular complexity index is 532. The first-order valence-corrected chi connectivity index (χ1v) is 5.47. The van der Waals surface area contributed by atoms with E-state index < -0.39 is 0 Å². The van der Waals surface area contributed by atoms with E-state index >= 15 is 0 Å². The first-order valence-electron chi connectivity index (χ1n) is 5.09. The number of benzene rings is 1. The van der Waals surface area contributed by atoms with E-state index in [-0.39, 0.29) is 0 Å². The van der Waals surface area contributed by atoms with Gasteiger partial charge in [0.2, 0.25) is 5.82 Å². The molecule has 1 fully saturated rings. The van der Waals surface area contributed by atoms with E-state index in [0.717, 1.165) is 18.4 Å². The molecule has 0 bridgehead atoms. The average molecular weight is 236 g/mol. The van der Waals surface area contributed by atoms with Crippen molar-refractivity contribution in [3.63, 3.8) is 0 Å². The Morgan fingerprint density at radius 3 is 2.88 bits per heavy atom. The third-order valence-corrected chi connectivity index (χ3v) is 2.90. The van der Waals surface area contributed by atoms with Crippen LogP contribution in [0, 0.1) is 0 Å². The normalized spacial score (nSPS) is 15.3. The minimum Gasteiger partial charge on any atom is -0.398 e. The third-order valence-electron chi connectivity index (χ3n) is 2.56. The summed E-state index contributed by atoms with van der Waals surface area (Å²) in [4.78, 5) is 1.67. The molecule has 5 nitrogen and oxygen atoms in total. The van der Waals surface area contributed by atoms with E-state index in [0.29, 0.717) is 22.6 Å². The van der Waals surface area contributed by atoms with Crippen molar-refractivity contribution in [2.24, 2.45) is 0 Å². The van der Waals surface area contributed by atoms with Crippen LogP contribution in [0.3, 0.4) is 0 Å². The van der Waals surface area contributed by atoms with Crippen molar-refractivity contribution in [1.82, 2.24) is 20.2 Å². The molecule has 1 aromatic carbocycles. The molecule has 0 spiro atoms. The van der Waals surface area contributed by atoms with Gasteiger partial charge in [-0.2, -0.15) is 4.80 Å². The monoisotopic (exact) mass is 235 g/mol. The quantitative estimate of drug-likeness (QED) is 0.808. The number of aromatic nitrogens is 4. The zero-order chi connectivity index (χ0) is 11.1. The zero-order valence-electron chi connectivity index (χ0n) is 8.47. The van der Waals surface area contributed by atoms with Crippen LogP contribution in [0.25, 0.3) is 11.4 Å². The van der Waals surface area contributed by atoms with Gasteiger partial charge in [-0.15, -0.1) is 10.2 Å². The Balaban J connectivity index is 1.97. The summed E-state index contributed by atoms with van der Waals surface area (Å²) >= 11 is 5.85. The third kappa shape index (κ3) is 1.63. The molecule has 1 aromatic heterocycles. The van der Waals surface area contributed by atoms with E-state index in [4.69, 9.17) is 17.3 Å². The summed E-state index contributed by atoms with van der Waals surface area (Å²) in [5, 5.41) is 12.9. The molecule has 2 N–H and O–H groups in total. The van der Waals surface area contributed by atoms with Gasteiger partial charge in [-0.1, -0.05) is 11.6 Å². The van der Waals surface area contributed by atoms with Crippen LogP contribution in [0.2, 0.25) is 5.02 Å². The molecular weight excluding hydrogens is 226 g/mol. The summed E-state index contributed by atoms with van der Waals surface area (Å²) in [6, 6.07) is 5.78. The van der Waals surface area contributed by atoms with Crippen molar-refractivity contribution in [2.75, 3.05) is 5.73 Å². The summed E-state index contributed by atoms with van der Waals surface area (Å²) in [6.07, 6.45) is 2.27. The SMILES string of the molecule is Nc1cc(-c2nnn(C3CC3)n2)ccc1Cl. The molecule has 0 amide bonds. The second-order valence-corrected chi connectivity index (χ2v) is 4.31. The van der Waals surface area contributed by atoms with Gasteiger partial charge < -0.3 is 5.73 Å². The Kier molecular flexibility index (Phi) is 2.07. The average Bonchev–Trinajstić information content (AvgIpc) is 3.01. The standard InChI is InChI=1S/C10H10ClN5/c11-8-4-1-6(5-9(8)12)10-13-15-16(14-10)7-2-3-7/h1,4-5,7H,2-3,12H2. The van der Waals surface area contributed by atoms with E-state index in [1.165, 1.54) is 0 Å². The molecule has 16 heavy (non-hydrogen) atoms. The van der Waals surface area contributed by atoms with Gasteiger partial charge in [0.05, 0.1) is 16.8 Å². The van der Waals surface area contributed by atoms with Crippen molar-refractivity contribution in [2.45, 2.75) is 18.9 Å². The first-order chi connectivity index (χ1) is 7.74. The van der Waals surface area contributed by atoms with E-state index in [1.54, 1.807) is 16.9 Å². The Morgan fingerprint density at radius 1 is 1.38 bits per heavy atom. The lowest BCUT2D eigenvalue weighted by Crippen LogP contribution is -1.98. The number of hydrogen-bond acceptors (Lipinski definition) is 4. The van der Waals surface area contributed by atoms with Gasteiger partial charge >= 0.3 is 0 Å². The van der Waals surface area contributed by atoms with Crippen molar-refractivity contribution < 1.29 is 0 Å². The molecule has 0 saturated heterocycles. The molecule has 0 radical (unpaired) electrons. The highest BCUT2D eigenvalue weighted by atomic mass is 35.5. The highest BCUT2D eigenvalue weighted by Crippen LogP contribution is 2.33. The van der Waals surface area contributed by atoms with Crippen LogP contribution in [0.4, 0.5) is 5.69 Å². The van der Waals surface area contributed by atoms with Crippen molar-refractivity contribution in [3.05, 3.63) is 23.2 Å². The largest absolute Gasteiger partial charge is 0.398 e. The number of nitrogens with zero attached hydrogens (tertiary/aromatic N) is 4. The first kappa shape index (κ1) is 9.59. The van der Waals surface area contributed by atoms with Crippen molar-refractivity contribution in [3.8, 4) is 11.4 Å². The number of rotatable bonds is 2. The fourth-order valence-corrected chi connectivity index (χ4v) is 1.60. The smallest absolute Gasteiger partial charge is 0.205 e. The predicted octanol–water partition coefficient (Wildman–Crippen LogP) is 1.91. The molecule has 1 saturated carbocycles. The van der Waals surface area contributed by atoms with Crippen LogP contribution in [0.5, 0.6) is 0 Å². The fourth-order valence-electron chi connectivity index (χ4n) is 1.48. The number of nitrogen functional groups attached to an aromatic ring is 1. The number of hydrogen-bond donors (Lipinski definition) is 1. The minimum atomic E-state index is 0.436. The van der Waals surface area contributed by atoms with Gasteiger partial charge in [-0.05, 0) is 36.3 Å². The molecule has 2 aromatic rings. The number of anilines is 1. The lowest BCUT2D eigenvalue weighted by atomic mass is 10.2. The van der Waals surface area contributed by atoms with Gasteiger partial charge in [-0.25, -0.2) is 0 Å². The minimum absolute atomic E-state index is 0.436. The van der Waals surface area contributed by atoms with Crippen LogP contribution in [0.1, 0.15) is 18.9 Å². The summed E-state index contributed by atoms with van der Waals surface area (Å²) in [5.41, 5.74) is 7.09. The highest BCUT2D eigenvalue weighted by Gasteiger charge is 2.26. The fraction of sp³-hybridized carbons (Fsp3) is 0.300. The summed E-state index contributed by atoms with van der Waals surface area (Å²) in [5.74, 6) is 0.593. The maximum atomic E-state index is 5.85. The van der Waals surface area contributed by atoms with Crippen LogP contribution in [0.15, 0.2) is 18.2 Å². The van der Waals surface area contributed by atoms with Gasteiger partial charge in [-0.3, -0.25) is 0 Å². The predicted molar refractivity (Wildman–Crippen MR) is 60.9 cm³/mol. The molecule has 1 heterocycles. The van der Waals surface area contributed by atoms with Crippen LogP contribution in [-0.4, -0.2) is 20.2 Å². The maximum Gasteiger partial charge on any atom is 0.205 e. The molecule has 0 atom stereocenters. The number of halogens is 1. The molecule has 6 heteroatoms. The lowest BCUT2D eigenvalue weighted by Gasteiger charge is -1.99. The Morgan fingerprint density at radius 2 is 2.19 bits per heavy atom.